The predicted octanol–water partition coefficient (Wildman–Crippen LogP) is 2.11. The van der Waals surface area contributed by atoms with Crippen LogP contribution in [-0.4, -0.2) is 34.7 Å². The summed E-state index contributed by atoms with van der Waals surface area (Å²) in [6, 6.07) is 0.352. The van der Waals surface area contributed by atoms with Gasteiger partial charge in [-0.2, -0.15) is 13.2 Å². The van der Waals surface area contributed by atoms with Gasteiger partial charge in [0.05, 0.1) is 17.5 Å². The highest BCUT2D eigenvalue weighted by atomic mass is 19.4. The minimum absolute atomic E-state index is 0.376. The van der Waals surface area contributed by atoms with Crippen molar-refractivity contribution in [2.24, 2.45) is 0 Å². The van der Waals surface area contributed by atoms with E-state index in [-0.39, 0.29) is 6.42 Å². The van der Waals surface area contributed by atoms with E-state index in [1.165, 1.54) is 0 Å². The fourth-order valence-corrected chi connectivity index (χ4v) is 2.53. The van der Waals surface area contributed by atoms with Crippen LogP contribution in [0.2, 0.25) is 0 Å². The van der Waals surface area contributed by atoms with Gasteiger partial charge in [-0.1, -0.05) is 6.07 Å². The molecule has 130 valence electrons. The highest BCUT2D eigenvalue weighted by Gasteiger charge is 2.42. The lowest BCUT2D eigenvalue weighted by Crippen LogP contribution is -2.44. The van der Waals surface area contributed by atoms with E-state index in [0.29, 0.717) is 12.1 Å². The van der Waals surface area contributed by atoms with Gasteiger partial charge >= 0.3 is 6.18 Å². The van der Waals surface area contributed by atoms with Gasteiger partial charge in [0.1, 0.15) is 11.9 Å². The molecular weight excluding hydrogens is 332 g/mol. The molecule has 1 saturated heterocycles. The number of imide groups is 1. The van der Waals surface area contributed by atoms with E-state index in [1.807, 2.05) is 5.32 Å². The highest BCUT2D eigenvalue weighted by molar-refractivity contribution is 6.08. The molecule has 0 aromatic heterocycles. The van der Waals surface area contributed by atoms with Gasteiger partial charge in [-0.25, -0.2) is 4.39 Å². The number of nitrogens with zero attached hydrogens (tertiary/aromatic N) is 1. The number of alkyl halides is 3. The first-order chi connectivity index (χ1) is 11.0. The maximum atomic E-state index is 13.8. The second kappa shape index (κ2) is 6.21. The number of amides is 3. The smallest absolute Gasteiger partial charge is 0.340 e. The van der Waals surface area contributed by atoms with Crippen molar-refractivity contribution in [1.29, 1.82) is 0 Å². The van der Waals surface area contributed by atoms with Crippen LogP contribution in [0.4, 0.5) is 17.6 Å². The molecule has 1 aromatic carbocycles. The van der Waals surface area contributed by atoms with Gasteiger partial charge in [0.25, 0.3) is 11.8 Å². The summed E-state index contributed by atoms with van der Waals surface area (Å²) in [6.45, 7) is 3.16. The summed E-state index contributed by atoms with van der Waals surface area (Å²) < 4.78 is 52.6. The molecule has 0 radical (unpaired) electrons. The van der Waals surface area contributed by atoms with Gasteiger partial charge in [-0.05, 0) is 26.0 Å². The molecular formula is C15H14F4N2O3. The number of hydrogen-bond acceptors (Lipinski definition) is 3. The Morgan fingerprint density at radius 2 is 1.92 bits per heavy atom. The molecule has 1 aromatic rings. The first-order valence-corrected chi connectivity index (χ1v) is 7.06. The zero-order valence-electron chi connectivity index (χ0n) is 12.8. The van der Waals surface area contributed by atoms with Gasteiger partial charge < -0.3 is 5.32 Å². The number of halogens is 4. The Labute approximate surface area is 134 Å². The molecule has 24 heavy (non-hydrogen) atoms. The lowest BCUT2D eigenvalue weighted by Gasteiger charge is -2.19. The molecule has 0 spiro atoms. The van der Waals surface area contributed by atoms with Gasteiger partial charge in [-0.3, -0.25) is 19.3 Å². The van der Waals surface area contributed by atoms with Crippen LogP contribution < -0.4 is 5.32 Å². The SMILES string of the molecule is CC(C)N1C(=O)C[C@@H](NC(=O)c2c(F)cccc2C(F)(F)F)C1=O. The predicted molar refractivity (Wildman–Crippen MR) is 74.3 cm³/mol. The third kappa shape index (κ3) is 3.24. The lowest BCUT2D eigenvalue weighted by molar-refractivity contribution is -0.140. The van der Waals surface area contributed by atoms with Crippen molar-refractivity contribution in [2.45, 2.75) is 38.5 Å². The normalized spacial score (nSPS) is 18.5. The minimum atomic E-state index is -4.94. The van der Waals surface area contributed by atoms with Crippen molar-refractivity contribution in [3.05, 3.63) is 35.1 Å². The van der Waals surface area contributed by atoms with E-state index < -0.39 is 52.9 Å². The zero-order valence-corrected chi connectivity index (χ0v) is 12.8. The number of rotatable bonds is 3. The average Bonchev–Trinajstić information content (AvgIpc) is 2.71. The fraction of sp³-hybridized carbons (Fsp3) is 0.400. The average molecular weight is 346 g/mol. The van der Waals surface area contributed by atoms with Gasteiger partial charge in [0, 0.05) is 6.04 Å². The third-order valence-electron chi connectivity index (χ3n) is 3.55. The van der Waals surface area contributed by atoms with E-state index in [1.54, 1.807) is 13.8 Å². The fourth-order valence-electron chi connectivity index (χ4n) is 2.53. The molecule has 0 aliphatic carbocycles. The summed E-state index contributed by atoms with van der Waals surface area (Å²) in [5, 5.41) is 2.02. The lowest BCUT2D eigenvalue weighted by atomic mass is 10.0. The summed E-state index contributed by atoms with van der Waals surface area (Å²) >= 11 is 0. The Kier molecular flexibility index (Phi) is 4.63. The molecule has 5 nitrogen and oxygen atoms in total. The van der Waals surface area contributed by atoms with Crippen molar-refractivity contribution >= 4 is 17.7 Å². The van der Waals surface area contributed by atoms with Crippen LogP contribution in [-0.2, 0) is 15.8 Å². The molecule has 1 N–H and O–H groups in total. The highest BCUT2D eigenvalue weighted by Crippen LogP contribution is 2.33. The van der Waals surface area contributed by atoms with Gasteiger partial charge in [0.15, 0.2) is 0 Å². The van der Waals surface area contributed by atoms with Crippen molar-refractivity contribution in [1.82, 2.24) is 10.2 Å². The van der Waals surface area contributed by atoms with Crippen LogP contribution in [0.5, 0.6) is 0 Å². The van der Waals surface area contributed by atoms with E-state index >= 15 is 0 Å². The molecule has 1 fully saturated rings. The number of carbonyl (C=O) groups excluding carboxylic acids is 3. The Morgan fingerprint density at radius 1 is 1.29 bits per heavy atom. The molecule has 1 aliphatic heterocycles. The first kappa shape index (κ1) is 17.9. The summed E-state index contributed by atoms with van der Waals surface area (Å²) in [7, 11) is 0. The first-order valence-electron chi connectivity index (χ1n) is 7.06. The van der Waals surface area contributed by atoms with Crippen molar-refractivity contribution < 1.29 is 31.9 Å². The standard InChI is InChI=1S/C15H14F4N2O3/c1-7(2)21-11(22)6-10(14(21)24)20-13(23)12-8(15(17,18)19)4-3-5-9(12)16/h3-5,7,10H,6H2,1-2H3,(H,20,23)/t10-/m1/s1. The van der Waals surface area contributed by atoms with E-state index in [9.17, 15) is 31.9 Å². The second-order valence-corrected chi connectivity index (χ2v) is 5.59. The largest absolute Gasteiger partial charge is 0.417 e. The van der Waals surface area contributed by atoms with Crippen molar-refractivity contribution in [3.63, 3.8) is 0 Å². The van der Waals surface area contributed by atoms with Crippen LogP contribution in [0.3, 0.4) is 0 Å². The van der Waals surface area contributed by atoms with Crippen LogP contribution in [0.1, 0.15) is 36.2 Å². The second-order valence-electron chi connectivity index (χ2n) is 5.59. The van der Waals surface area contributed by atoms with E-state index in [4.69, 9.17) is 0 Å². The summed E-state index contributed by atoms with van der Waals surface area (Å²) in [5.41, 5.74) is -2.65. The van der Waals surface area contributed by atoms with Crippen LogP contribution in [0.25, 0.3) is 0 Å². The number of likely N-dealkylation sites (tertiary alicyclic amines) is 1. The Balaban J connectivity index is 2.29. The molecule has 3 amide bonds. The minimum Gasteiger partial charge on any atom is -0.340 e. The molecule has 0 unspecified atom stereocenters. The van der Waals surface area contributed by atoms with Gasteiger partial charge in [0.2, 0.25) is 5.91 Å². The zero-order chi connectivity index (χ0) is 18.2. The van der Waals surface area contributed by atoms with Gasteiger partial charge in [-0.15, -0.1) is 0 Å². The molecule has 0 bridgehead atoms. The molecule has 0 saturated carbocycles. The quantitative estimate of drug-likeness (QED) is 0.673. The number of nitrogens with one attached hydrogen (secondary N) is 1. The molecule has 9 heteroatoms. The maximum Gasteiger partial charge on any atom is 0.417 e. The van der Waals surface area contributed by atoms with Crippen LogP contribution in [0, 0.1) is 5.82 Å². The number of carbonyl (C=O) groups is 3. The summed E-state index contributed by atoms with van der Waals surface area (Å²) in [6.07, 6.45) is -5.31. The van der Waals surface area contributed by atoms with Crippen LogP contribution >= 0.6 is 0 Å². The van der Waals surface area contributed by atoms with Crippen LogP contribution in [0.15, 0.2) is 18.2 Å². The van der Waals surface area contributed by atoms with Crippen molar-refractivity contribution in [3.8, 4) is 0 Å². The Hall–Kier alpha value is -2.45. The summed E-state index contributed by atoms with van der Waals surface area (Å²) in [4.78, 5) is 36.8. The number of hydrogen-bond donors (Lipinski definition) is 1. The Bertz CT molecular complexity index is 700. The third-order valence-corrected chi connectivity index (χ3v) is 3.55. The van der Waals surface area contributed by atoms with E-state index in [0.717, 1.165) is 11.0 Å². The van der Waals surface area contributed by atoms with E-state index in [2.05, 4.69) is 0 Å². The maximum absolute atomic E-state index is 13.8. The van der Waals surface area contributed by atoms with Crippen molar-refractivity contribution in [2.75, 3.05) is 0 Å². The molecule has 2 rings (SSSR count). The summed E-state index contributed by atoms with van der Waals surface area (Å²) in [5.74, 6) is -4.03. The molecule has 1 aliphatic rings. The topological polar surface area (TPSA) is 66.5 Å². The Morgan fingerprint density at radius 3 is 2.42 bits per heavy atom. The molecule has 1 atom stereocenters. The monoisotopic (exact) mass is 346 g/mol. The molecule has 1 heterocycles. The number of benzene rings is 1.